The molecule has 0 bridgehead atoms. The van der Waals surface area contributed by atoms with Crippen LogP contribution in [-0.4, -0.2) is 53.1 Å². The molecule has 0 aromatic heterocycles. The summed E-state index contributed by atoms with van der Waals surface area (Å²) in [5.74, 6) is -3.72. The average molecular weight is 665 g/mol. The summed E-state index contributed by atoms with van der Waals surface area (Å²) < 4.78 is 158. The number of hydrogen-bond donors (Lipinski definition) is 0. The molecule has 0 spiro atoms. The Morgan fingerprint density at radius 1 is 0.575 bits per heavy atom. The predicted molar refractivity (Wildman–Crippen MR) is 112 cm³/mol. The van der Waals surface area contributed by atoms with Gasteiger partial charge in [-0.15, -0.1) is 0 Å². The summed E-state index contributed by atoms with van der Waals surface area (Å²) in [5, 5.41) is 0. The van der Waals surface area contributed by atoms with Gasteiger partial charge in [0.1, 0.15) is 42.0 Å². The van der Waals surface area contributed by atoms with Crippen molar-refractivity contribution >= 4 is 46.0 Å². The van der Waals surface area contributed by atoms with Crippen molar-refractivity contribution in [1.29, 1.82) is 0 Å². The van der Waals surface area contributed by atoms with E-state index < -0.39 is 93.2 Å². The van der Waals surface area contributed by atoms with E-state index in [1.54, 1.807) is 0 Å². The summed E-state index contributed by atoms with van der Waals surface area (Å²) in [7, 11) is -22.4. The van der Waals surface area contributed by atoms with Crippen LogP contribution in [-0.2, 0) is 40.2 Å². The van der Waals surface area contributed by atoms with Crippen molar-refractivity contribution in [3.63, 3.8) is 0 Å². The maximum Gasteiger partial charge on any atom is 1.00 e. The summed E-state index contributed by atoms with van der Waals surface area (Å²) in [4.78, 5) is 5.01. The number of carbonyl (C=O) groups is 1. The molecule has 0 saturated carbocycles. The zero-order chi connectivity index (χ0) is 28.1. The van der Waals surface area contributed by atoms with Crippen LogP contribution in [0.3, 0.4) is 0 Å². The van der Waals surface area contributed by atoms with Crippen LogP contribution in [0.1, 0.15) is 15.9 Å². The van der Waals surface area contributed by atoms with Crippen LogP contribution in [0.15, 0.2) is 79.1 Å². The van der Waals surface area contributed by atoms with Crippen LogP contribution in [0.4, 0.5) is 8.78 Å². The van der Waals surface area contributed by atoms with Crippen molar-refractivity contribution in [2.75, 3.05) is 0 Å². The van der Waals surface area contributed by atoms with Crippen molar-refractivity contribution in [2.24, 2.45) is 0 Å². The largest absolute Gasteiger partial charge is 1.00 e. The minimum atomic E-state index is -5.81. The maximum absolute atomic E-state index is 14.0. The van der Waals surface area contributed by atoms with Crippen molar-refractivity contribution in [2.45, 2.75) is 24.5 Å². The second-order valence-corrected chi connectivity index (χ2v) is 13.1. The van der Waals surface area contributed by atoms with E-state index in [9.17, 15) is 60.9 Å². The molecular formula is C19H9F2Na3O12S4. The molecule has 0 amide bonds. The third-order valence-corrected chi connectivity index (χ3v) is 9.42. The van der Waals surface area contributed by atoms with E-state index in [-0.39, 0.29) is 107 Å². The first-order valence-electron chi connectivity index (χ1n) is 9.15. The molecule has 21 heteroatoms. The molecule has 0 atom stereocenters. The summed E-state index contributed by atoms with van der Waals surface area (Å²) in [6, 6.07) is 3.43. The van der Waals surface area contributed by atoms with E-state index in [1.165, 1.54) is 0 Å². The van der Waals surface area contributed by atoms with Gasteiger partial charge in [-0.2, -0.15) is 0 Å². The van der Waals surface area contributed by atoms with Crippen LogP contribution in [0, 0.1) is 11.6 Å². The summed E-state index contributed by atoms with van der Waals surface area (Å²) in [6.07, 6.45) is 0. The topological polar surface area (TPSA) is 223 Å². The first kappa shape index (κ1) is 39.9. The number of benzene rings is 3. The molecule has 3 aromatic rings. The van der Waals surface area contributed by atoms with Gasteiger partial charge < -0.3 is 13.7 Å². The fraction of sp³-hybridized carbons (Fsp3) is 0. The molecule has 3 aromatic carbocycles. The Balaban J connectivity index is 0.00000507. The first-order chi connectivity index (χ1) is 16.7. The molecule has 0 aliphatic heterocycles. The third kappa shape index (κ3) is 8.71. The summed E-state index contributed by atoms with van der Waals surface area (Å²) >= 11 is 0. The first-order valence-corrected chi connectivity index (χ1v) is 14.9. The molecule has 3 rings (SSSR count). The number of rotatable bonds is 7. The second-order valence-electron chi connectivity index (χ2n) is 7.09. The molecule has 0 aliphatic rings. The van der Waals surface area contributed by atoms with Crippen molar-refractivity contribution in [3.8, 4) is 0 Å². The van der Waals surface area contributed by atoms with Gasteiger partial charge >= 0.3 is 88.7 Å². The molecular weight excluding hydrogens is 655 g/mol. The van der Waals surface area contributed by atoms with Crippen LogP contribution in [0.2, 0.25) is 0 Å². The number of ketones is 1. The third-order valence-electron chi connectivity index (χ3n) is 4.70. The Bertz CT molecular complexity index is 1910. The van der Waals surface area contributed by atoms with Gasteiger partial charge in [0.15, 0.2) is 5.78 Å². The molecule has 0 N–H and O–H groups in total. The van der Waals surface area contributed by atoms with Gasteiger partial charge in [-0.1, -0.05) is 0 Å². The fourth-order valence-electron chi connectivity index (χ4n) is 3.08. The standard InChI is InChI=1S/C19H12F2O12S4.3Na/c20-11-2-4-13(14(21)8-11)19(22)10-1-5-15(17(7-10)36(28,29)30)34(23,24)16-6-3-12(35(25,26)27)9-18(16)37(31,32)33;;;/h1-9H,(H,25,26,27)(H,28,29,30)(H,31,32,33);;;/q;3*+1/p-3. The van der Waals surface area contributed by atoms with E-state index in [1.807, 2.05) is 0 Å². The monoisotopic (exact) mass is 664 g/mol. The Hall–Kier alpha value is -0.130. The van der Waals surface area contributed by atoms with E-state index in [4.69, 9.17) is 0 Å². The van der Waals surface area contributed by atoms with Gasteiger partial charge in [-0.3, -0.25) is 4.79 Å². The van der Waals surface area contributed by atoms with E-state index in [0.29, 0.717) is 36.4 Å². The molecule has 0 unspecified atom stereocenters. The predicted octanol–water partition coefficient (Wildman–Crippen LogP) is -8.25. The Morgan fingerprint density at radius 2 is 1.05 bits per heavy atom. The van der Waals surface area contributed by atoms with E-state index in [2.05, 4.69) is 0 Å². The van der Waals surface area contributed by atoms with Gasteiger partial charge in [0, 0.05) is 11.6 Å². The molecule has 0 radical (unpaired) electrons. The van der Waals surface area contributed by atoms with Gasteiger partial charge in [-0.05, 0) is 48.5 Å². The van der Waals surface area contributed by atoms with Crippen molar-refractivity contribution in [1.82, 2.24) is 0 Å². The van der Waals surface area contributed by atoms with Gasteiger partial charge in [-0.25, -0.2) is 42.5 Å². The zero-order valence-corrected chi connectivity index (χ0v) is 29.8. The van der Waals surface area contributed by atoms with E-state index >= 15 is 0 Å². The quantitative estimate of drug-likeness (QED) is 0.131. The minimum Gasteiger partial charge on any atom is -0.744 e. The smallest absolute Gasteiger partial charge is 0.744 e. The number of carbonyl (C=O) groups excluding carboxylic acids is 1. The van der Waals surface area contributed by atoms with Crippen LogP contribution in [0.5, 0.6) is 0 Å². The molecule has 12 nitrogen and oxygen atoms in total. The summed E-state index contributed by atoms with van der Waals surface area (Å²) in [5.41, 5.74) is -1.52. The van der Waals surface area contributed by atoms with Gasteiger partial charge in [0.05, 0.1) is 30.0 Å². The van der Waals surface area contributed by atoms with Crippen LogP contribution in [0.25, 0.3) is 0 Å². The van der Waals surface area contributed by atoms with Crippen molar-refractivity contribution in [3.05, 3.63) is 77.4 Å². The molecule has 0 saturated heterocycles. The molecule has 0 fully saturated rings. The fourth-order valence-corrected chi connectivity index (χ4v) is 7.47. The van der Waals surface area contributed by atoms with Gasteiger partial charge in [0.25, 0.3) is 0 Å². The molecule has 0 heterocycles. The Kier molecular flexibility index (Phi) is 14.1. The van der Waals surface area contributed by atoms with Crippen LogP contribution >= 0.6 is 0 Å². The maximum atomic E-state index is 14.0. The van der Waals surface area contributed by atoms with Crippen LogP contribution < -0.4 is 88.7 Å². The van der Waals surface area contributed by atoms with E-state index in [0.717, 1.165) is 0 Å². The number of halogens is 2. The van der Waals surface area contributed by atoms with Gasteiger partial charge in [0.2, 0.25) is 9.84 Å². The summed E-state index contributed by atoms with van der Waals surface area (Å²) in [6.45, 7) is 0. The normalized spacial score (nSPS) is 11.9. The Labute approximate surface area is 293 Å². The molecule has 40 heavy (non-hydrogen) atoms. The molecule has 0 aliphatic carbocycles. The number of hydrogen-bond acceptors (Lipinski definition) is 12. The average Bonchev–Trinajstić information content (AvgIpc) is 2.76. The van der Waals surface area contributed by atoms with Crippen molar-refractivity contribution < 1.29 is 150 Å². The molecule has 198 valence electrons. The SMILES string of the molecule is O=C(c1ccc(S(=O)(=O)c2ccc(S(=O)(=O)[O-])cc2S(=O)(=O)[O-])c(S(=O)(=O)[O-])c1)c1ccc(F)cc1F.[Na+].[Na+].[Na+]. The second kappa shape index (κ2) is 14.1. The number of sulfone groups is 1. The Morgan fingerprint density at radius 3 is 1.50 bits per heavy atom. The minimum absolute atomic E-state index is 0. The zero-order valence-electron chi connectivity index (χ0n) is 20.5.